The van der Waals surface area contributed by atoms with Crippen molar-refractivity contribution in [3.8, 4) is 11.5 Å². The zero-order valence-electron chi connectivity index (χ0n) is 21.2. The van der Waals surface area contributed by atoms with E-state index in [1.165, 1.54) is 4.88 Å². The van der Waals surface area contributed by atoms with Crippen LogP contribution in [0.4, 0.5) is 0 Å². The molecular weight excluding hydrogens is 460 g/mol. The summed E-state index contributed by atoms with van der Waals surface area (Å²) in [4.78, 5) is 32.2. The number of thiophene rings is 1. The van der Waals surface area contributed by atoms with E-state index in [1.807, 2.05) is 34.1 Å². The third kappa shape index (κ3) is 6.00. The third-order valence-electron chi connectivity index (χ3n) is 7.45. The molecule has 1 aliphatic heterocycles. The lowest BCUT2D eigenvalue weighted by molar-refractivity contribution is -0.145. The van der Waals surface area contributed by atoms with Crippen molar-refractivity contribution in [3.05, 3.63) is 46.2 Å². The summed E-state index contributed by atoms with van der Waals surface area (Å²) in [6, 6.07) is 9.50. The average molecular weight is 499 g/mol. The van der Waals surface area contributed by atoms with Crippen LogP contribution in [0.5, 0.6) is 11.5 Å². The highest BCUT2D eigenvalue weighted by molar-refractivity contribution is 7.10. The Bertz CT molecular complexity index is 1000. The van der Waals surface area contributed by atoms with Gasteiger partial charge < -0.3 is 19.3 Å². The highest BCUT2D eigenvalue weighted by Crippen LogP contribution is 2.35. The molecule has 2 aromatic rings. The van der Waals surface area contributed by atoms with Crippen LogP contribution < -0.4 is 9.47 Å². The van der Waals surface area contributed by atoms with Gasteiger partial charge in [0.1, 0.15) is 6.61 Å². The zero-order chi connectivity index (χ0) is 24.8. The van der Waals surface area contributed by atoms with Crippen LogP contribution in [0.25, 0.3) is 0 Å². The fraction of sp³-hybridized carbons (Fsp3) is 0.571. The molecule has 35 heavy (non-hydrogen) atoms. The minimum absolute atomic E-state index is 0.00475. The fourth-order valence-corrected chi connectivity index (χ4v) is 6.13. The lowest BCUT2D eigenvalue weighted by Gasteiger charge is -2.37. The molecule has 2 amide bonds. The molecule has 0 bridgehead atoms. The van der Waals surface area contributed by atoms with Crippen LogP contribution >= 0.6 is 11.3 Å². The Morgan fingerprint density at radius 1 is 1.17 bits per heavy atom. The van der Waals surface area contributed by atoms with Crippen LogP contribution in [0.3, 0.4) is 0 Å². The number of ether oxygens (including phenoxy) is 2. The second-order valence-electron chi connectivity index (χ2n) is 9.83. The molecule has 0 saturated heterocycles. The quantitative estimate of drug-likeness (QED) is 0.444. The van der Waals surface area contributed by atoms with Gasteiger partial charge in [0.05, 0.1) is 19.7 Å². The highest BCUT2D eigenvalue weighted by Gasteiger charge is 2.35. The molecule has 0 spiro atoms. The number of hydrogen-bond donors (Lipinski definition) is 0. The van der Waals surface area contributed by atoms with E-state index in [9.17, 15) is 9.59 Å². The molecule has 2 atom stereocenters. The van der Waals surface area contributed by atoms with Gasteiger partial charge in [-0.15, -0.1) is 11.3 Å². The van der Waals surface area contributed by atoms with E-state index in [2.05, 4.69) is 25.3 Å². The van der Waals surface area contributed by atoms with Crippen molar-refractivity contribution in [2.24, 2.45) is 11.8 Å². The standard InChI is InChI=1S/C28H38N2O4S/c1-4-20(2)17-29(28(32)21-9-5-6-10-21)18-27(31)30-15-13-26-22(14-16-35-26)23(30)19-34-25-12-8-7-11-24(25)33-3/h7-8,11-12,14,16,20-21,23H,4-6,9-10,13,15,17-19H2,1-3H3. The van der Waals surface area contributed by atoms with Gasteiger partial charge in [-0.3, -0.25) is 9.59 Å². The van der Waals surface area contributed by atoms with Crippen molar-refractivity contribution >= 4 is 23.2 Å². The van der Waals surface area contributed by atoms with Crippen molar-refractivity contribution in [1.82, 2.24) is 9.80 Å². The van der Waals surface area contributed by atoms with E-state index in [4.69, 9.17) is 9.47 Å². The summed E-state index contributed by atoms with van der Waals surface area (Å²) in [6.07, 6.45) is 5.93. The first-order valence-electron chi connectivity index (χ1n) is 12.9. The number of amides is 2. The normalized spacial score (nSPS) is 18.7. The van der Waals surface area contributed by atoms with Gasteiger partial charge in [-0.1, -0.05) is 45.2 Å². The molecule has 7 heteroatoms. The summed E-state index contributed by atoms with van der Waals surface area (Å²) in [7, 11) is 1.63. The number of carbonyl (C=O) groups is 2. The molecule has 6 nitrogen and oxygen atoms in total. The Hall–Kier alpha value is -2.54. The molecule has 1 aromatic heterocycles. The summed E-state index contributed by atoms with van der Waals surface area (Å²) in [5.41, 5.74) is 1.15. The summed E-state index contributed by atoms with van der Waals surface area (Å²) >= 11 is 1.74. The van der Waals surface area contributed by atoms with Crippen LogP contribution in [0.2, 0.25) is 0 Å². The monoisotopic (exact) mass is 498 g/mol. The van der Waals surface area contributed by atoms with Crippen molar-refractivity contribution in [1.29, 1.82) is 0 Å². The maximum atomic E-state index is 13.7. The minimum Gasteiger partial charge on any atom is -0.493 e. The van der Waals surface area contributed by atoms with Crippen molar-refractivity contribution < 1.29 is 19.1 Å². The smallest absolute Gasteiger partial charge is 0.242 e. The molecule has 4 rings (SSSR count). The molecular formula is C28H38N2O4S. The van der Waals surface area contributed by atoms with E-state index in [1.54, 1.807) is 18.4 Å². The molecule has 1 aliphatic carbocycles. The maximum Gasteiger partial charge on any atom is 0.242 e. The Morgan fingerprint density at radius 3 is 2.63 bits per heavy atom. The molecule has 0 radical (unpaired) electrons. The lowest BCUT2D eigenvalue weighted by atomic mass is 10.00. The number of methoxy groups -OCH3 is 1. The SMILES string of the molecule is CCC(C)CN(CC(=O)N1CCc2sccc2C1COc1ccccc1OC)C(=O)C1CCCC1. The molecule has 1 saturated carbocycles. The first-order chi connectivity index (χ1) is 17.0. The minimum atomic E-state index is -0.186. The Kier molecular flexibility index (Phi) is 8.71. The Balaban J connectivity index is 1.51. The second kappa shape index (κ2) is 11.9. The topological polar surface area (TPSA) is 59.1 Å². The molecule has 2 unspecified atom stereocenters. The van der Waals surface area contributed by atoms with Crippen molar-refractivity contribution in [3.63, 3.8) is 0 Å². The van der Waals surface area contributed by atoms with Crippen LogP contribution in [0.1, 0.15) is 62.4 Å². The van der Waals surface area contributed by atoms with Gasteiger partial charge in [0.25, 0.3) is 0 Å². The Labute approximate surface area is 213 Å². The number of hydrogen-bond acceptors (Lipinski definition) is 5. The van der Waals surface area contributed by atoms with E-state index in [0.29, 0.717) is 37.1 Å². The first-order valence-corrected chi connectivity index (χ1v) is 13.8. The van der Waals surface area contributed by atoms with Crippen LogP contribution in [0.15, 0.2) is 35.7 Å². The number of carbonyl (C=O) groups excluding carboxylic acids is 2. The summed E-state index contributed by atoms with van der Waals surface area (Å²) < 4.78 is 11.6. The summed E-state index contributed by atoms with van der Waals surface area (Å²) in [5, 5.41) is 2.09. The van der Waals surface area contributed by atoms with E-state index < -0.39 is 0 Å². The fourth-order valence-electron chi connectivity index (χ4n) is 5.20. The van der Waals surface area contributed by atoms with Gasteiger partial charge >= 0.3 is 0 Å². The lowest BCUT2D eigenvalue weighted by Crippen LogP contribution is -2.49. The number of benzene rings is 1. The first kappa shape index (κ1) is 25.5. The van der Waals surface area contributed by atoms with E-state index in [-0.39, 0.29) is 30.3 Å². The molecule has 1 fully saturated rings. The molecule has 1 aromatic carbocycles. The molecule has 2 heterocycles. The Morgan fingerprint density at radius 2 is 1.91 bits per heavy atom. The predicted molar refractivity (Wildman–Crippen MR) is 139 cm³/mol. The van der Waals surface area contributed by atoms with E-state index >= 15 is 0 Å². The number of nitrogens with zero attached hydrogens (tertiary/aromatic N) is 2. The van der Waals surface area contributed by atoms with Gasteiger partial charge in [0, 0.05) is 23.9 Å². The predicted octanol–water partition coefficient (Wildman–Crippen LogP) is 5.33. The average Bonchev–Trinajstić information content (AvgIpc) is 3.59. The second-order valence-corrected chi connectivity index (χ2v) is 10.8. The van der Waals surface area contributed by atoms with Crippen LogP contribution in [0, 0.1) is 11.8 Å². The van der Waals surface area contributed by atoms with Gasteiger partial charge in [-0.2, -0.15) is 0 Å². The van der Waals surface area contributed by atoms with E-state index in [0.717, 1.165) is 44.1 Å². The summed E-state index contributed by atoms with van der Waals surface area (Å²) in [5.74, 6) is 1.94. The van der Waals surface area contributed by atoms with Crippen LogP contribution in [-0.4, -0.2) is 55.0 Å². The molecule has 0 N–H and O–H groups in total. The largest absolute Gasteiger partial charge is 0.493 e. The summed E-state index contributed by atoms with van der Waals surface area (Å²) in [6.45, 7) is 6.06. The van der Waals surface area contributed by atoms with Crippen molar-refractivity contribution in [2.45, 2.75) is 58.4 Å². The van der Waals surface area contributed by atoms with Gasteiger partial charge in [-0.25, -0.2) is 0 Å². The molecule has 190 valence electrons. The van der Waals surface area contributed by atoms with Gasteiger partial charge in [0.2, 0.25) is 11.8 Å². The van der Waals surface area contributed by atoms with Gasteiger partial charge in [0.15, 0.2) is 11.5 Å². The number of rotatable bonds is 10. The van der Waals surface area contributed by atoms with Crippen molar-refractivity contribution in [2.75, 3.05) is 33.4 Å². The highest BCUT2D eigenvalue weighted by atomic mass is 32.1. The maximum absolute atomic E-state index is 13.7. The number of fused-ring (bicyclic) bond motifs is 1. The molecule has 2 aliphatic rings. The zero-order valence-corrected chi connectivity index (χ0v) is 22.0. The number of para-hydroxylation sites is 2. The van der Waals surface area contributed by atoms with Crippen LogP contribution in [-0.2, 0) is 16.0 Å². The van der Waals surface area contributed by atoms with Gasteiger partial charge in [-0.05, 0) is 54.3 Å². The third-order valence-corrected chi connectivity index (χ3v) is 8.45.